The molecule has 24 heavy (non-hydrogen) atoms. The molecule has 0 spiro atoms. The number of benzene rings is 1. The maximum absolute atomic E-state index is 11.3. The Morgan fingerprint density at radius 2 is 2.17 bits per heavy atom. The van der Waals surface area contributed by atoms with Crippen LogP contribution in [-0.4, -0.2) is 30.7 Å². The molecular formula is C19H22N2O3. The van der Waals surface area contributed by atoms with E-state index in [1.54, 1.807) is 19.2 Å². The molecule has 0 unspecified atom stereocenters. The van der Waals surface area contributed by atoms with Crippen LogP contribution in [0.1, 0.15) is 18.9 Å². The molecule has 0 fully saturated rings. The van der Waals surface area contributed by atoms with Gasteiger partial charge in [-0.25, -0.2) is 9.78 Å². The van der Waals surface area contributed by atoms with Gasteiger partial charge in [-0.1, -0.05) is 18.2 Å². The zero-order valence-corrected chi connectivity index (χ0v) is 13.8. The summed E-state index contributed by atoms with van der Waals surface area (Å²) in [6.07, 6.45) is 5.75. The monoisotopic (exact) mass is 326 g/mol. The number of nitrogens with one attached hydrogen (secondary N) is 1. The van der Waals surface area contributed by atoms with E-state index in [4.69, 9.17) is 9.47 Å². The standard InChI is InChI=1S/C19H22N2O3/c1-2-23-19(22)11-10-16-7-5-8-17(15-16)24-14-6-13-21-18-9-3-4-12-20-18/h3-5,7-12,15H,2,6,13-14H2,1H3,(H,20,21)/b11-10+. The summed E-state index contributed by atoms with van der Waals surface area (Å²) in [4.78, 5) is 15.5. The third kappa shape index (κ3) is 6.52. The first-order valence-corrected chi connectivity index (χ1v) is 8.00. The Morgan fingerprint density at radius 3 is 2.96 bits per heavy atom. The third-order valence-electron chi connectivity index (χ3n) is 3.12. The lowest BCUT2D eigenvalue weighted by Gasteiger charge is -2.08. The molecule has 1 N–H and O–H groups in total. The zero-order valence-electron chi connectivity index (χ0n) is 13.8. The molecule has 0 aliphatic carbocycles. The highest BCUT2D eigenvalue weighted by molar-refractivity contribution is 5.87. The number of nitrogens with zero attached hydrogens (tertiary/aromatic N) is 1. The van der Waals surface area contributed by atoms with E-state index >= 15 is 0 Å². The summed E-state index contributed by atoms with van der Waals surface area (Å²) in [6.45, 7) is 3.55. The number of hydrogen-bond acceptors (Lipinski definition) is 5. The van der Waals surface area contributed by atoms with E-state index in [0.29, 0.717) is 13.2 Å². The van der Waals surface area contributed by atoms with E-state index in [9.17, 15) is 4.79 Å². The molecule has 126 valence electrons. The highest BCUT2D eigenvalue weighted by Gasteiger charge is 1.98. The van der Waals surface area contributed by atoms with E-state index in [-0.39, 0.29) is 5.97 Å². The third-order valence-corrected chi connectivity index (χ3v) is 3.12. The number of hydrogen-bond donors (Lipinski definition) is 1. The van der Waals surface area contributed by atoms with Gasteiger partial charge in [0.2, 0.25) is 0 Å². The molecule has 0 bridgehead atoms. The summed E-state index contributed by atoms with van der Waals surface area (Å²) in [7, 11) is 0. The quantitative estimate of drug-likeness (QED) is 0.434. The molecule has 0 radical (unpaired) electrons. The van der Waals surface area contributed by atoms with Crippen molar-refractivity contribution >= 4 is 17.9 Å². The van der Waals surface area contributed by atoms with Gasteiger partial charge >= 0.3 is 5.97 Å². The summed E-state index contributed by atoms with van der Waals surface area (Å²) >= 11 is 0. The van der Waals surface area contributed by atoms with Crippen molar-refractivity contribution in [3.8, 4) is 5.75 Å². The van der Waals surface area contributed by atoms with Crippen molar-refractivity contribution in [2.24, 2.45) is 0 Å². The van der Waals surface area contributed by atoms with E-state index in [1.807, 2.05) is 42.5 Å². The van der Waals surface area contributed by atoms with Crippen molar-refractivity contribution in [3.05, 3.63) is 60.3 Å². The Hall–Kier alpha value is -2.82. The Morgan fingerprint density at radius 1 is 1.25 bits per heavy atom. The van der Waals surface area contributed by atoms with Gasteiger partial charge < -0.3 is 14.8 Å². The highest BCUT2D eigenvalue weighted by atomic mass is 16.5. The molecule has 0 aliphatic rings. The van der Waals surface area contributed by atoms with Crippen molar-refractivity contribution in [1.29, 1.82) is 0 Å². The van der Waals surface area contributed by atoms with Gasteiger partial charge in [-0.05, 0) is 49.2 Å². The SMILES string of the molecule is CCOC(=O)/C=C/c1cccc(OCCCNc2ccccn2)c1. The molecular weight excluding hydrogens is 304 g/mol. The van der Waals surface area contributed by atoms with Gasteiger partial charge in [0, 0.05) is 18.8 Å². The Balaban J connectivity index is 1.73. The molecule has 1 aromatic heterocycles. The minimum atomic E-state index is -0.343. The van der Waals surface area contributed by atoms with Gasteiger partial charge in [-0.15, -0.1) is 0 Å². The van der Waals surface area contributed by atoms with Crippen LogP contribution in [0.25, 0.3) is 6.08 Å². The second kappa shape index (κ2) is 10.0. The first-order chi connectivity index (χ1) is 11.8. The fourth-order valence-electron chi connectivity index (χ4n) is 2.01. The van der Waals surface area contributed by atoms with Gasteiger partial charge in [-0.3, -0.25) is 0 Å². The number of esters is 1. The number of anilines is 1. The highest BCUT2D eigenvalue weighted by Crippen LogP contribution is 2.15. The fourth-order valence-corrected chi connectivity index (χ4v) is 2.01. The van der Waals surface area contributed by atoms with E-state index in [1.165, 1.54) is 6.08 Å². The van der Waals surface area contributed by atoms with Crippen molar-refractivity contribution in [2.75, 3.05) is 25.1 Å². The van der Waals surface area contributed by atoms with E-state index in [2.05, 4.69) is 10.3 Å². The Bertz CT molecular complexity index is 657. The van der Waals surface area contributed by atoms with Crippen LogP contribution < -0.4 is 10.1 Å². The molecule has 0 saturated heterocycles. The summed E-state index contributed by atoms with van der Waals surface area (Å²) in [6, 6.07) is 13.4. The minimum absolute atomic E-state index is 0.343. The van der Waals surface area contributed by atoms with Gasteiger partial charge in [0.25, 0.3) is 0 Å². The molecule has 1 aromatic carbocycles. The average Bonchev–Trinajstić information content (AvgIpc) is 2.61. The van der Waals surface area contributed by atoms with Gasteiger partial charge in [-0.2, -0.15) is 0 Å². The molecule has 5 heteroatoms. The second-order valence-electron chi connectivity index (χ2n) is 5.00. The number of pyridine rings is 1. The fraction of sp³-hybridized carbons (Fsp3) is 0.263. The average molecular weight is 326 g/mol. The topological polar surface area (TPSA) is 60.5 Å². The molecule has 5 nitrogen and oxygen atoms in total. The molecule has 0 atom stereocenters. The lowest BCUT2D eigenvalue weighted by atomic mass is 10.2. The smallest absolute Gasteiger partial charge is 0.330 e. The Labute approximate surface area is 142 Å². The summed E-state index contributed by atoms with van der Waals surface area (Å²) in [5.41, 5.74) is 0.896. The van der Waals surface area contributed by atoms with Crippen LogP contribution in [0.5, 0.6) is 5.75 Å². The number of ether oxygens (including phenoxy) is 2. The molecule has 2 aromatic rings. The van der Waals surface area contributed by atoms with Crippen LogP contribution in [0.4, 0.5) is 5.82 Å². The minimum Gasteiger partial charge on any atom is -0.494 e. The lowest BCUT2D eigenvalue weighted by Crippen LogP contribution is -2.08. The number of carbonyl (C=O) groups excluding carboxylic acids is 1. The Kier molecular flexibility index (Phi) is 7.34. The summed E-state index contributed by atoms with van der Waals surface area (Å²) in [5, 5.41) is 3.23. The number of carbonyl (C=O) groups is 1. The molecule has 2 rings (SSSR count). The van der Waals surface area contributed by atoms with Crippen molar-refractivity contribution in [2.45, 2.75) is 13.3 Å². The van der Waals surface area contributed by atoms with E-state index < -0.39 is 0 Å². The van der Waals surface area contributed by atoms with Crippen molar-refractivity contribution in [1.82, 2.24) is 4.98 Å². The van der Waals surface area contributed by atoms with Crippen LogP contribution in [0.2, 0.25) is 0 Å². The summed E-state index contributed by atoms with van der Waals surface area (Å²) in [5.74, 6) is 1.30. The van der Waals surface area contributed by atoms with Crippen LogP contribution in [0, 0.1) is 0 Å². The zero-order chi connectivity index (χ0) is 17.0. The van der Waals surface area contributed by atoms with Crippen LogP contribution >= 0.6 is 0 Å². The number of aromatic nitrogens is 1. The maximum Gasteiger partial charge on any atom is 0.330 e. The second-order valence-corrected chi connectivity index (χ2v) is 5.00. The molecule has 0 saturated carbocycles. The first-order valence-electron chi connectivity index (χ1n) is 8.00. The van der Waals surface area contributed by atoms with Crippen LogP contribution in [-0.2, 0) is 9.53 Å². The summed E-state index contributed by atoms with van der Waals surface area (Å²) < 4.78 is 10.6. The van der Waals surface area contributed by atoms with Crippen molar-refractivity contribution in [3.63, 3.8) is 0 Å². The maximum atomic E-state index is 11.3. The first kappa shape index (κ1) is 17.5. The molecule has 0 aliphatic heterocycles. The molecule has 0 amide bonds. The normalized spacial score (nSPS) is 10.5. The van der Waals surface area contributed by atoms with E-state index in [0.717, 1.165) is 30.1 Å². The van der Waals surface area contributed by atoms with Gasteiger partial charge in [0.15, 0.2) is 0 Å². The van der Waals surface area contributed by atoms with Gasteiger partial charge in [0.05, 0.1) is 13.2 Å². The van der Waals surface area contributed by atoms with Crippen LogP contribution in [0.3, 0.4) is 0 Å². The predicted octanol–water partition coefficient (Wildman–Crippen LogP) is 3.54. The van der Waals surface area contributed by atoms with Gasteiger partial charge in [0.1, 0.15) is 11.6 Å². The van der Waals surface area contributed by atoms with Crippen LogP contribution in [0.15, 0.2) is 54.7 Å². The largest absolute Gasteiger partial charge is 0.494 e. The molecule has 1 heterocycles. The van der Waals surface area contributed by atoms with Crippen molar-refractivity contribution < 1.29 is 14.3 Å². The predicted molar refractivity (Wildman–Crippen MR) is 94.9 cm³/mol. The lowest BCUT2D eigenvalue weighted by molar-refractivity contribution is -0.137. The number of rotatable bonds is 9.